The Morgan fingerprint density at radius 3 is 2.45 bits per heavy atom. The van der Waals surface area contributed by atoms with Crippen molar-refractivity contribution in [1.82, 2.24) is 4.31 Å². The third-order valence-electron chi connectivity index (χ3n) is 4.91. The van der Waals surface area contributed by atoms with Gasteiger partial charge < -0.3 is 10.1 Å². The van der Waals surface area contributed by atoms with Crippen molar-refractivity contribution in [3.8, 4) is 0 Å². The molecule has 2 heterocycles. The van der Waals surface area contributed by atoms with Crippen LogP contribution in [0.15, 0.2) is 52.1 Å². The van der Waals surface area contributed by atoms with Gasteiger partial charge in [-0.3, -0.25) is 4.79 Å². The molecule has 0 saturated carbocycles. The summed E-state index contributed by atoms with van der Waals surface area (Å²) in [6.07, 6.45) is 3.89. The number of hydrogen-bond acceptors (Lipinski definition) is 6. The number of carbonyl (C=O) groups is 2. The van der Waals surface area contributed by atoms with E-state index in [1.165, 1.54) is 46.0 Å². The Hall–Kier alpha value is -2.49. The summed E-state index contributed by atoms with van der Waals surface area (Å²) in [4.78, 5) is 23.9. The third-order valence-corrected chi connectivity index (χ3v) is 7.46. The molecule has 1 fully saturated rings. The van der Waals surface area contributed by atoms with Crippen LogP contribution in [0.5, 0.6) is 0 Å². The van der Waals surface area contributed by atoms with Gasteiger partial charge in [-0.05, 0) is 71.0 Å². The van der Waals surface area contributed by atoms with Crippen LogP contribution in [0.2, 0.25) is 0 Å². The van der Waals surface area contributed by atoms with Crippen molar-refractivity contribution in [2.75, 3.05) is 25.0 Å². The van der Waals surface area contributed by atoms with Crippen LogP contribution in [-0.2, 0) is 24.3 Å². The maximum absolute atomic E-state index is 12.9. The molecule has 1 aromatic carbocycles. The minimum atomic E-state index is -3.58. The summed E-state index contributed by atoms with van der Waals surface area (Å²) in [7, 11) is -3.58. The van der Waals surface area contributed by atoms with Gasteiger partial charge >= 0.3 is 5.97 Å². The van der Waals surface area contributed by atoms with Crippen molar-refractivity contribution in [3.05, 3.63) is 52.7 Å². The molecule has 1 aliphatic rings. The minimum Gasteiger partial charge on any atom is -0.452 e. The molecule has 2 aromatic rings. The highest BCUT2D eigenvalue weighted by Crippen LogP contribution is 2.27. The fraction of sp³-hybridized carbons (Fsp3) is 0.364. The molecule has 9 heteroatoms. The first-order valence-corrected chi connectivity index (χ1v) is 12.4. The second-order valence-corrected chi connectivity index (χ2v) is 10.6. The van der Waals surface area contributed by atoms with E-state index in [1.807, 2.05) is 16.8 Å². The van der Waals surface area contributed by atoms with Gasteiger partial charge in [-0.25, -0.2) is 13.2 Å². The van der Waals surface area contributed by atoms with Crippen molar-refractivity contribution < 1.29 is 22.7 Å². The number of amides is 1. The molecule has 2 unspecified atom stereocenters. The van der Waals surface area contributed by atoms with Gasteiger partial charge in [0, 0.05) is 24.9 Å². The van der Waals surface area contributed by atoms with Crippen molar-refractivity contribution in [3.63, 3.8) is 0 Å². The Balaban J connectivity index is 1.52. The highest BCUT2D eigenvalue weighted by Gasteiger charge is 2.31. The number of anilines is 1. The Morgan fingerprint density at radius 2 is 1.84 bits per heavy atom. The molecule has 1 N–H and O–H groups in total. The second kappa shape index (κ2) is 10.2. The van der Waals surface area contributed by atoms with Crippen LogP contribution in [0, 0.1) is 11.8 Å². The van der Waals surface area contributed by atoms with Crippen LogP contribution in [0.1, 0.15) is 25.8 Å². The number of rotatable bonds is 7. The largest absolute Gasteiger partial charge is 0.452 e. The molecule has 1 aliphatic heterocycles. The average Bonchev–Trinajstić information content (AvgIpc) is 3.24. The predicted octanol–water partition coefficient (Wildman–Crippen LogP) is 3.61. The molecule has 31 heavy (non-hydrogen) atoms. The zero-order chi connectivity index (χ0) is 22.4. The van der Waals surface area contributed by atoms with Crippen LogP contribution < -0.4 is 5.32 Å². The number of esters is 1. The summed E-state index contributed by atoms with van der Waals surface area (Å²) in [5.41, 5.74) is 1.31. The molecule has 1 saturated heterocycles. The Labute approximate surface area is 186 Å². The van der Waals surface area contributed by atoms with Crippen LogP contribution in [-0.4, -0.2) is 44.3 Å². The highest BCUT2D eigenvalue weighted by molar-refractivity contribution is 7.89. The first-order valence-electron chi connectivity index (χ1n) is 10.0. The number of benzene rings is 1. The van der Waals surface area contributed by atoms with Crippen LogP contribution in [0.25, 0.3) is 6.08 Å². The Kier molecular flexibility index (Phi) is 7.64. The van der Waals surface area contributed by atoms with Crippen molar-refractivity contribution >= 4 is 45.0 Å². The molecular formula is C22H26N2O5S2. The van der Waals surface area contributed by atoms with E-state index in [9.17, 15) is 18.0 Å². The molecular weight excluding hydrogens is 436 g/mol. The molecule has 0 radical (unpaired) electrons. The van der Waals surface area contributed by atoms with Gasteiger partial charge in [0.05, 0.1) is 4.90 Å². The maximum Gasteiger partial charge on any atom is 0.331 e. The number of thiophene rings is 1. The van der Waals surface area contributed by atoms with Crippen LogP contribution >= 0.6 is 11.3 Å². The number of nitrogens with zero attached hydrogens (tertiary/aromatic N) is 1. The molecule has 166 valence electrons. The maximum atomic E-state index is 12.9. The van der Waals surface area contributed by atoms with Crippen molar-refractivity contribution in [1.29, 1.82) is 0 Å². The topological polar surface area (TPSA) is 92.8 Å². The van der Waals surface area contributed by atoms with Crippen molar-refractivity contribution in [2.24, 2.45) is 11.8 Å². The van der Waals surface area contributed by atoms with E-state index in [-0.39, 0.29) is 4.90 Å². The number of ether oxygens (including phenoxy) is 1. The molecule has 3 rings (SSSR count). The number of carbonyl (C=O) groups excluding carboxylic acids is 2. The highest BCUT2D eigenvalue weighted by atomic mass is 32.2. The van der Waals surface area contributed by atoms with E-state index in [2.05, 4.69) is 19.2 Å². The van der Waals surface area contributed by atoms with Gasteiger partial charge in [0.1, 0.15) is 0 Å². The van der Waals surface area contributed by atoms with Crippen LogP contribution in [0.4, 0.5) is 5.69 Å². The van der Waals surface area contributed by atoms with Gasteiger partial charge in [-0.1, -0.05) is 13.8 Å². The van der Waals surface area contributed by atoms with Gasteiger partial charge in [0.15, 0.2) is 6.61 Å². The minimum absolute atomic E-state index is 0.191. The number of piperidine rings is 1. The fourth-order valence-electron chi connectivity index (χ4n) is 3.58. The average molecular weight is 463 g/mol. The normalized spacial score (nSPS) is 19.9. The lowest BCUT2D eigenvalue weighted by Crippen LogP contribution is -2.42. The molecule has 1 aromatic heterocycles. The lowest BCUT2D eigenvalue weighted by atomic mass is 9.94. The summed E-state index contributed by atoms with van der Waals surface area (Å²) < 4.78 is 32.3. The lowest BCUT2D eigenvalue weighted by Gasteiger charge is -2.34. The standard InChI is InChI=1S/C22H26N2O5S2/c1-16-11-17(2)13-24(12-16)31(27,28)20-6-4-19(5-7-20)23-21(25)14-29-22(26)8-3-18-9-10-30-15-18/h3-10,15-17H,11-14H2,1-2H3,(H,23,25)/b8-3+. The number of nitrogens with one attached hydrogen (secondary N) is 1. The first kappa shape index (κ1) is 23.2. The van der Waals surface area contributed by atoms with E-state index in [1.54, 1.807) is 6.08 Å². The number of hydrogen-bond donors (Lipinski definition) is 1. The summed E-state index contributed by atoms with van der Waals surface area (Å²) in [6, 6.07) is 7.87. The van der Waals surface area contributed by atoms with E-state index in [0.717, 1.165) is 12.0 Å². The van der Waals surface area contributed by atoms with Gasteiger partial charge in [-0.2, -0.15) is 15.6 Å². The van der Waals surface area contributed by atoms with Crippen molar-refractivity contribution in [2.45, 2.75) is 25.2 Å². The molecule has 0 aliphatic carbocycles. The van der Waals surface area contributed by atoms with E-state index < -0.39 is 28.5 Å². The zero-order valence-corrected chi connectivity index (χ0v) is 19.1. The van der Waals surface area contributed by atoms with Gasteiger partial charge in [0.25, 0.3) is 5.91 Å². The number of sulfonamides is 1. The Morgan fingerprint density at radius 1 is 1.16 bits per heavy atom. The quantitative estimate of drug-likeness (QED) is 0.501. The Bertz CT molecular complexity index is 1020. The molecule has 7 nitrogen and oxygen atoms in total. The van der Waals surface area contributed by atoms with E-state index in [4.69, 9.17) is 4.74 Å². The first-order chi connectivity index (χ1) is 14.7. The van der Waals surface area contributed by atoms with E-state index in [0.29, 0.717) is 30.6 Å². The van der Waals surface area contributed by atoms with E-state index >= 15 is 0 Å². The molecule has 1 amide bonds. The van der Waals surface area contributed by atoms with Crippen LogP contribution in [0.3, 0.4) is 0 Å². The molecule has 0 spiro atoms. The van der Waals surface area contributed by atoms with Gasteiger partial charge in [0.2, 0.25) is 10.0 Å². The summed E-state index contributed by atoms with van der Waals surface area (Å²) >= 11 is 1.51. The zero-order valence-electron chi connectivity index (χ0n) is 17.5. The van der Waals surface area contributed by atoms with Gasteiger partial charge in [-0.15, -0.1) is 0 Å². The SMILES string of the molecule is CC1CC(C)CN(S(=O)(=O)c2ccc(NC(=O)COC(=O)/C=C/c3ccsc3)cc2)C1. The smallest absolute Gasteiger partial charge is 0.331 e. The summed E-state index contributed by atoms with van der Waals surface area (Å²) in [5.74, 6) is -0.487. The predicted molar refractivity (Wildman–Crippen MR) is 121 cm³/mol. The monoisotopic (exact) mass is 462 g/mol. The summed E-state index contributed by atoms with van der Waals surface area (Å²) in [6.45, 7) is 4.70. The molecule has 0 bridgehead atoms. The lowest BCUT2D eigenvalue weighted by molar-refractivity contribution is -0.142. The second-order valence-electron chi connectivity index (χ2n) is 7.84. The third kappa shape index (κ3) is 6.49. The molecule has 2 atom stereocenters. The fourth-order valence-corrected chi connectivity index (χ4v) is 5.89. The summed E-state index contributed by atoms with van der Waals surface area (Å²) in [5, 5.41) is 6.37.